The van der Waals surface area contributed by atoms with Gasteiger partial charge >= 0.3 is 0 Å². The molecule has 2 atom stereocenters. The quantitative estimate of drug-likeness (QED) is 0.863. The number of rotatable bonds is 5. The minimum Gasteiger partial charge on any atom is -0.368 e. The molecular formula is C24H31N3O. The normalized spacial score (nSPS) is 21.2. The first-order chi connectivity index (χ1) is 13.6. The largest absolute Gasteiger partial charge is 0.368 e. The average Bonchev–Trinajstić information content (AvgIpc) is 2.73. The van der Waals surface area contributed by atoms with Crippen LogP contribution in [-0.4, -0.2) is 38.1 Å². The van der Waals surface area contributed by atoms with Crippen molar-refractivity contribution in [3.8, 4) is 0 Å². The van der Waals surface area contributed by atoms with Crippen molar-refractivity contribution in [2.45, 2.75) is 32.7 Å². The van der Waals surface area contributed by atoms with E-state index in [0.29, 0.717) is 5.92 Å². The first-order valence-corrected chi connectivity index (χ1v) is 10.6. The van der Waals surface area contributed by atoms with Crippen molar-refractivity contribution in [3.05, 3.63) is 60.2 Å². The number of benzene rings is 2. The summed E-state index contributed by atoms with van der Waals surface area (Å²) in [5.41, 5.74) is 3.86. The molecule has 4 nitrogen and oxygen atoms in total. The zero-order valence-corrected chi connectivity index (χ0v) is 17.0. The molecule has 148 valence electrons. The lowest BCUT2D eigenvalue weighted by molar-refractivity contribution is -0.125. The molecule has 0 aromatic heterocycles. The maximum absolute atomic E-state index is 13.1. The zero-order valence-electron chi connectivity index (χ0n) is 17.0. The molecule has 0 bridgehead atoms. The molecule has 1 fully saturated rings. The molecule has 0 saturated carbocycles. The monoisotopic (exact) mass is 377 g/mol. The van der Waals surface area contributed by atoms with E-state index in [1.54, 1.807) is 0 Å². The van der Waals surface area contributed by atoms with Crippen molar-refractivity contribution in [1.29, 1.82) is 0 Å². The van der Waals surface area contributed by atoms with Crippen molar-refractivity contribution in [1.82, 2.24) is 5.32 Å². The van der Waals surface area contributed by atoms with Crippen molar-refractivity contribution in [2.75, 3.05) is 36.0 Å². The number of piperazine rings is 1. The minimum absolute atomic E-state index is 0.00595. The Kier molecular flexibility index (Phi) is 5.56. The fourth-order valence-electron chi connectivity index (χ4n) is 4.55. The first-order valence-electron chi connectivity index (χ1n) is 10.6. The number of hydrogen-bond donors (Lipinski definition) is 1. The number of carbonyl (C=O) groups is 1. The van der Waals surface area contributed by atoms with E-state index in [1.807, 2.05) is 0 Å². The molecule has 2 aromatic rings. The maximum Gasteiger partial charge on any atom is 0.225 e. The smallest absolute Gasteiger partial charge is 0.225 e. The van der Waals surface area contributed by atoms with Crippen LogP contribution in [0.3, 0.4) is 0 Å². The molecule has 2 aliphatic rings. The van der Waals surface area contributed by atoms with Gasteiger partial charge in [0.2, 0.25) is 5.91 Å². The van der Waals surface area contributed by atoms with Gasteiger partial charge in [0.05, 0.1) is 12.0 Å². The molecule has 2 aromatic carbocycles. The summed E-state index contributed by atoms with van der Waals surface area (Å²) in [6, 6.07) is 19.4. The second-order valence-electron chi connectivity index (χ2n) is 8.46. The van der Waals surface area contributed by atoms with E-state index in [2.05, 4.69) is 83.6 Å². The Labute approximate surface area is 168 Å². The summed E-state index contributed by atoms with van der Waals surface area (Å²) in [7, 11) is 0. The highest BCUT2D eigenvalue weighted by Gasteiger charge is 2.41. The highest BCUT2D eigenvalue weighted by Crippen LogP contribution is 2.36. The number of nitrogens with one attached hydrogen (secondary N) is 1. The Morgan fingerprint density at radius 3 is 2.61 bits per heavy atom. The molecule has 1 saturated heterocycles. The molecule has 0 unspecified atom stereocenters. The number of nitrogens with zero attached hydrogens (tertiary/aromatic N) is 2. The van der Waals surface area contributed by atoms with Gasteiger partial charge in [0, 0.05) is 37.6 Å². The Morgan fingerprint density at radius 1 is 1.07 bits per heavy atom. The predicted molar refractivity (Wildman–Crippen MR) is 116 cm³/mol. The van der Waals surface area contributed by atoms with Crippen LogP contribution in [0.2, 0.25) is 0 Å². The van der Waals surface area contributed by atoms with Gasteiger partial charge in [-0.3, -0.25) is 4.79 Å². The Bertz CT molecular complexity index is 805. The van der Waals surface area contributed by atoms with E-state index >= 15 is 0 Å². The number of hydrogen-bond acceptors (Lipinski definition) is 3. The van der Waals surface area contributed by atoms with E-state index in [-0.39, 0.29) is 17.9 Å². The molecule has 1 N–H and O–H groups in total. The number of anilines is 2. The van der Waals surface area contributed by atoms with E-state index in [9.17, 15) is 4.79 Å². The molecule has 2 aliphatic heterocycles. The van der Waals surface area contributed by atoms with Crippen molar-refractivity contribution in [2.24, 2.45) is 11.8 Å². The standard InChI is InChI=1S/C24H31N3O/c1-18(2)12-13-25-24(28)21-16-19-8-6-7-11-22(19)27-15-14-26(17-23(21)27)20-9-4-3-5-10-20/h3-11,18,21,23H,12-17H2,1-2H3,(H,25,28)/t21-,23-/m1/s1. The summed E-state index contributed by atoms with van der Waals surface area (Å²) < 4.78 is 0. The van der Waals surface area contributed by atoms with Gasteiger partial charge in [-0.2, -0.15) is 0 Å². The van der Waals surface area contributed by atoms with E-state index in [1.165, 1.54) is 16.9 Å². The second-order valence-corrected chi connectivity index (χ2v) is 8.46. The lowest BCUT2D eigenvalue weighted by Gasteiger charge is -2.49. The van der Waals surface area contributed by atoms with E-state index in [0.717, 1.165) is 39.0 Å². The maximum atomic E-state index is 13.1. The lowest BCUT2D eigenvalue weighted by Crippen LogP contribution is -2.61. The fourth-order valence-corrected chi connectivity index (χ4v) is 4.55. The molecule has 0 spiro atoms. The van der Waals surface area contributed by atoms with Crippen molar-refractivity contribution < 1.29 is 4.79 Å². The van der Waals surface area contributed by atoms with Crippen molar-refractivity contribution >= 4 is 17.3 Å². The Morgan fingerprint density at radius 2 is 1.82 bits per heavy atom. The molecular weight excluding hydrogens is 346 g/mol. The van der Waals surface area contributed by atoms with Gasteiger partial charge in [0.25, 0.3) is 0 Å². The fraction of sp³-hybridized carbons (Fsp3) is 0.458. The first kappa shape index (κ1) is 18.9. The molecule has 0 aliphatic carbocycles. The molecule has 4 heteroatoms. The lowest BCUT2D eigenvalue weighted by atomic mass is 9.83. The number of amides is 1. The summed E-state index contributed by atoms with van der Waals surface area (Å²) in [6.07, 6.45) is 1.85. The van der Waals surface area contributed by atoms with Crippen LogP contribution in [0.1, 0.15) is 25.8 Å². The van der Waals surface area contributed by atoms with Crippen LogP contribution in [-0.2, 0) is 11.2 Å². The van der Waals surface area contributed by atoms with Crippen LogP contribution in [0.5, 0.6) is 0 Å². The van der Waals surface area contributed by atoms with Gasteiger partial charge in [-0.25, -0.2) is 0 Å². The third-order valence-corrected chi connectivity index (χ3v) is 6.10. The number of para-hydroxylation sites is 2. The highest BCUT2D eigenvalue weighted by atomic mass is 16.1. The number of fused-ring (bicyclic) bond motifs is 3. The minimum atomic E-state index is -0.00595. The topological polar surface area (TPSA) is 35.6 Å². The van der Waals surface area contributed by atoms with Gasteiger partial charge in [0.15, 0.2) is 0 Å². The van der Waals surface area contributed by atoms with Crippen LogP contribution in [0.15, 0.2) is 54.6 Å². The summed E-state index contributed by atoms with van der Waals surface area (Å²) in [6.45, 7) is 7.99. The van der Waals surface area contributed by atoms with Crippen LogP contribution in [0, 0.1) is 11.8 Å². The van der Waals surface area contributed by atoms with Crippen LogP contribution in [0.25, 0.3) is 0 Å². The van der Waals surface area contributed by atoms with Crippen LogP contribution < -0.4 is 15.1 Å². The Hall–Kier alpha value is -2.49. The molecule has 0 radical (unpaired) electrons. The third-order valence-electron chi connectivity index (χ3n) is 6.10. The summed E-state index contributed by atoms with van der Waals surface area (Å²) >= 11 is 0. The molecule has 28 heavy (non-hydrogen) atoms. The summed E-state index contributed by atoms with van der Waals surface area (Å²) in [4.78, 5) is 18.0. The van der Waals surface area contributed by atoms with Gasteiger partial charge < -0.3 is 15.1 Å². The van der Waals surface area contributed by atoms with Gasteiger partial charge in [-0.15, -0.1) is 0 Å². The molecule has 1 amide bonds. The van der Waals surface area contributed by atoms with E-state index in [4.69, 9.17) is 0 Å². The summed E-state index contributed by atoms with van der Waals surface area (Å²) in [5.74, 6) is 0.806. The second kappa shape index (κ2) is 8.26. The van der Waals surface area contributed by atoms with Gasteiger partial charge in [0.1, 0.15) is 0 Å². The van der Waals surface area contributed by atoms with Gasteiger partial charge in [-0.1, -0.05) is 50.2 Å². The third kappa shape index (κ3) is 3.87. The van der Waals surface area contributed by atoms with Crippen molar-refractivity contribution in [3.63, 3.8) is 0 Å². The highest BCUT2D eigenvalue weighted by molar-refractivity contribution is 5.82. The zero-order chi connectivity index (χ0) is 19.5. The molecule has 2 heterocycles. The Balaban J connectivity index is 1.57. The van der Waals surface area contributed by atoms with Gasteiger partial charge in [-0.05, 0) is 42.5 Å². The number of carbonyl (C=O) groups excluding carboxylic acids is 1. The van der Waals surface area contributed by atoms with Crippen LogP contribution in [0.4, 0.5) is 11.4 Å². The predicted octanol–water partition coefficient (Wildman–Crippen LogP) is 3.72. The summed E-state index contributed by atoms with van der Waals surface area (Å²) in [5, 5.41) is 3.22. The molecule has 4 rings (SSSR count). The average molecular weight is 378 g/mol. The SMILES string of the molecule is CC(C)CCNC(=O)[C@@H]1Cc2ccccc2N2CCN(c3ccccc3)C[C@H]12. The van der Waals surface area contributed by atoms with E-state index < -0.39 is 0 Å². The van der Waals surface area contributed by atoms with Crippen LogP contribution >= 0.6 is 0 Å².